The lowest BCUT2D eigenvalue weighted by molar-refractivity contribution is -0.126. The monoisotopic (exact) mass is 229 g/mol. The molecule has 0 radical (unpaired) electrons. The van der Waals surface area contributed by atoms with E-state index in [1.165, 1.54) is 0 Å². The Kier molecular flexibility index (Phi) is 6.01. The zero-order valence-corrected chi connectivity index (χ0v) is 11.6. The Morgan fingerprint density at radius 1 is 1.19 bits per heavy atom. The predicted octanol–water partition coefficient (Wildman–Crippen LogP) is 2.60. The van der Waals surface area contributed by atoms with Crippen LogP contribution >= 0.6 is 0 Å². The highest BCUT2D eigenvalue weighted by molar-refractivity contribution is 5.76. The van der Waals surface area contributed by atoms with E-state index in [2.05, 4.69) is 39.9 Å². The van der Waals surface area contributed by atoms with Crippen LogP contribution in [0.3, 0.4) is 0 Å². The minimum Gasteiger partial charge on any atom is -0.371 e. The first-order valence-electron chi connectivity index (χ1n) is 6.01. The van der Waals surface area contributed by atoms with Gasteiger partial charge < -0.3 is 10.1 Å². The first kappa shape index (κ1) is 15.4. The summed E-state index contributed by atoms with van der Waals surface area (Å²) in [5.74, 6) is -0.0643. The lowest BCUT2D eigenvalue weighted by atomic mass is 9.74. The summed E-state index contributed by atoms with van der Waals surface area (Å²) in [5, 5.41) is 2.55. The first-order chi connectivity index (χ1) is 7.22. The van der Waals surface area contributed by atoms with Crippen molar-refractivity contribution < 1.29 is 9.53 Å². The van der Waals surface area contributed by atoms with Crippen molar-refractivity contribution in [2.75, 3.05) is 20.3 Å². The molecule has 3 nitrogen and oxygen atoms in total. The van der Waals surface area contributed by atoms with Gasteiger partial charge in [0.15, 0.2) is 0 Å². The van der Waals surface area contributed by atoms with E-state index in [4.69, 9.17) is 4.74 Å². The lowest BCUT2D eigenvalue weighted by Crippen LogP contribution is -2.30. The van der Waals surface area contributed by atoms with E-state index in [-0.39, 0.29) is 17.9 Å². The summed E-state index contributed by atoms with van der Waals surface area (Å²) < 4.78 is 5.43. The van der Waals surface area contributed by atoms with Crippen molar-refractivity contribution in [2.45, 2.75) is 47.5 Å². The van der Waals surface area contributed by atoms with Crippen molar-refractivity contribution in [3.05, 3.63) is 0 Å². The number of hydrogen-bond donors (Lipinski definition) is 1. The summed E-state index contributed by atoms with van der Waals surface area (Å²) in [6.45, 7) is 11.9. The first-order valence-corrected chi connectivity index (χ1v) is 6.01. The fraction of sp³-hybridized carbons (Fsp3) is 0.923. The molecule has 0 atom stereocenters. The van der Waals surface area contributed by atoms with Crippen molar-refractivity contribution >= 4 is 5.91 Å². The van der Waals surface area contributed by atoms with E-state index < -0.39 is 0 Å². The second kappa shape index (κ2) is 6.24. The topological polar surface area (TPSA) is 38.3 Å². The largest absolute Gasteiger partial charge is 0.371 e. The molecule has 96 valence electrons. The number of ether oxygens (including phenoxy) is 1. The highest BCUT2D eigenvalue weighted by Gasteiger charge is 2.27. The third kappa shape index (κ3) is 6.83. The molecule has 1 amide bonds. The number of amides is 1. The molecule has 0 fully saturated rings. The molecule has 0 heterocycles. The Morgan fingerprint density at radius 2 is 1.75 bits per heavy atom. The van der Waals surface area contributed by atoms with Gasteiger partial charge in [-0.15, -0.1) is 0 Å². The molecular weight excluding hydrogens is 202 g/mol. The standard InChI is InChI=1S/C13H27NO2/c1-7-12(2,3)9-13(4,5)10-16-8-11(15)14-6/h7-10H2,1-6H3,(H,14,15). The molecule has 0 bridgehead atoms. The number of rotatable bonds is 7. The number of carbonyl (C=O) groups excluding carboxylic acids is 1. The van der Waals surface area contributed by atoms with Gasteiger partial charge in [0.2, 0.25) is 5.91 Å². The maximum Gasteiger partial charge on any atom is 0.245 e. The van der Waals surface area contributed by atoms with Crippen LogP contribution in [-0.2, 0) is 9.53 Å². The van der Waals surface area contributed by atoms with Crippen molar-refractivity contribution in [1.29, 1.82) is 0 Å². The van der Waals surface area contributed by atoms with Gasteiger partial charge in [-0.25, -0.2) is 0 Å². The molecule has 16 heavy (non-hydrogen) atoms. The fourth-order valence-electron chi connectivity index (χ4n) is 1.96. The zero-order valence-electron chi connectivity index (χ0n) is 11.6. The van der Waals surface area contributed by atoms with Crippen molar-refractivity contribution in [2.24, 2.45) is 10.8 Å². The maximum atomic E-state index is 11.0. The van der Waals surface area contributed by atoms with E-state index in [0.717, 1.165) is 12.8 Å². The summed E-state index contributed by atoms with van der Waals surface area (Å²) in [6.07, 6.45) is 2.26. The molecule has 0 aliphatic carbocycles. The van der Waals surface area contributed by atoms with Gasteiger partial charge in [-0.1, -0.05) is 41.0 Å². The van der Waals surface area contributed by atoms with E-state index in [1.807, 2.05) is 0 Å². The third-order valence-corrected chi connectivity index (χ3v) is 2.92. The molecule has 0 unspecified atom stereocenters. The summed E-state index contributed by atoms with van der Waals surface area (Å²) in [4.78, 5) is 11.0. The zero-order chi connectivity index (χ0) is 12.8. The molecule has 0 rings (SSSR count). The average Bonchev–Trinajstić information content (AvgIpc) is 2.15. The van der Waals surface area contributed by atoms with Crippen LogP contribution in [0.1, 0.15) is 47.5 Å². The van der Waals surface area contributed by atoms with E-state index in [1.54, 1.807) is 7.05 Å². The SMILES string of the molecule is CCC(C)(C)CC(C)(C)COCC(=O)NC. The van der Waals surface area contributed by atoms with Crippen LogP contribution in [0.15, 0.2) is 0 Å². The van der Waals surface area contributed by atoms with Crippen molar-refractivity contribution in [3.8, 4) is 0 Å². The highest BCUT2D eigenvalue weighted by atomic mass is 16.5. The molecule has 0 saturated carbocycles. The fourth-order valence-corrected chi connectivity index (χ4v) is 1.96. The Hall–Kier alpha value is -0.570. The van der Waals surface area contributed by atoms with E-state index >= 15 is 0 Å². The molecule has 0 aromatic rings. The summed E-state index contributed by atoms with van der Waals surface area (Å²) in [6, 6.07) is 0. The summed E-state index contributed by atoms with van der Waals surface area (Å²) in [5.41, 5.74) is 0.452. The van der Waals surface area contributed by atoms with Crippen LogP contribution < -0.4 is 5.32 Å². The summed E-state index contributed by atoms with van der Waals surface area (Å²) >= 11 is 0. The second-order valence-corrected chi connectivity index (χ2v) is 6.02. The van der Waals surface area contributed by atoms with Crippen LogP contribution in [0.2, 0.25) is 0 Å². The highest BCUT2D eigenvalue weighted by Crippen LogP contribution is 2.35. The Bertz CT molecular complexity index is 222. The molecular formula is C13H27NO2. The molecule has 0 aromatic heterocycles. The van der Waals surface area contributed by atoms with Crippen LogP contribution in [-0.4, -0.2) is 26.2 Å². The molecule has 0 spiro atoms. The molecule has 0 saturated heterocycles. The van der Waals surface area contributed by atoms with Gasteiger partial charge in [0.25, 0.3) is 0 Å². The van der Waals surface area contributed by atoms with Gasteiger partial charge in [-0.3, -0.25) is 4.79 Å². The number of nitrogens with one attached hydrogen (secondary N) is 1. The quantitative estimate of drug-likeness (QED) is 0.728. The molecule has 0 aliphatic heterocycles. The second-order valence-electron chi connectivity index (χ2n) is 6.02. The smallest absolute Gasteiger partial charge is 0.245 e. The Morgan fingerprint density at radius 3 is 2.19 bits per heavy atom. The van der Waals surface area contributed by atoms with Crippen LogP contribution in [0, 0.1) is 10.8 Å². The molecule has 3 heteroatoms. The predicted molar refractivity (Wildman–Crippen MR) is 67.4 cm³/mol. The van der Waals surface area contributed by atoms with Gasteiger partial charge in [0.1, 0.15) is 6.61 Å². The van der Waals surface area contributed by atoms with Crippen LogP contribution in [0.25, 0.3) is 0 Å². The van der Waals surface area contributed by atoms with Crippen LogP contribution in [0.4, 0.5) is 0 Å². The molecule has 1 N–H and O–H groups in total. The Labute approximate surface area is 99.9 Å². The minimum absolute atomic E-state index is 0.0643. The Balaban J connectivity index is 4.00. The van der Waals surface area contributed by atoms with Gasteiger partial charge in [-0.05, 0) is 17.3 Å². The minimum atomic E-state index is -0.0643. The van der Waals surface area contributed by atoms with Crippen molar-refractivity contribution in [3.63, 3.8) is 0 Å². The van der Waals surface area contributed by atoms with Gasteiger partial charge in [0, 0.05) is 7.05 Å². The van der Waals surface area contributed by atoms with Crippen LogP contribution in [0.5, 0.6) is 0 Å². The molecule has 0 aliphatic rings. The summed E-state index contributed by atoms with van der Waals surface area (Å²) in [7, 11) is 1.62. The number of likely N-dealkylation sites (N-methyl/N-ethyl adjacent to an activating group) is 1. The lowest BCUT2D eigenvalue weighted by Gasteiger charge is -2.34. The normalized spacial score (nSPS) is 12.6. The maximum absolute atomic E-state index is 11.0. The van der Waals surface area contributed by atoms with Gasteiger partial charge >= 0.3 is 0 Å². The number of carbonyl (C=O) groups is 1. The van der Waals surface area contributed by atoms with Crippen molar-refractivity contribution in [1.82, 2.24) is 5.32 Å². The number of hydrogen-bond acceptors (Lipinski definition) is 2. The van der Waals surface area contributed by atoms with E-state index in [9.17, 15) is 4.79 Å². The molecule has 0 aromatic carbocycles. The van der Waals surface area contributed by atoms with Gasteiger partial charge in [0.05, 0.1) is 6.61 Å². The van der Waals surface area contributed by atoms with Gasteiger partial charge in [-0.2, -0.15) is 0 Å². The average molecular weight is 229 g/mol. The van der Waals surface area contributed by atoms with E-state index in [0.29, 0.717) is 12.0 Å². The third-order valence-electron chi connectivity index (χ3n) is 2.92.